The van der Waals surface area contributed by atoms with Crippen LogP contribution in [0.3, 0.4) is 0 Å². The van der Waals surface area contributed by atoms with Gasteiger partial charge in [0.1, 0.15) is 0 Å². The highest BCUT2D eigenvalue weighted by Crippen LogP contribution is 2.16. The van der Waals surface area contributed by atoms with Gasteiger partial charge in [-0.05, 0) is 28.5 Å². The number of hydrogen-bond acceptors (Lipinski definition) is 2. The molecular weight excluding hydrogens is 248 g/mol. The number of pyridine rings is 1. The molecule has 0 spiro atoms. The summed E-state index contributed by atoms with van der Waals surface area (Å²) in [4.78, 5) is 11.3. The van der Waals surface area contributed by atoms with E-state index in [1.54, 1.807) is 17.7 Å². The maximum atomic E-state index is 11.3. The van der Waals surface area contributed by atoms with Crippen LogP contribution in [0.15, 0.2) is 65.6 Å². The molecule has 0 aliphatic carbocycles. The molecule has 0 aliphatic rings. The van der Waals surface area contributed by atoms with Crippen molar-refractivity contribution in [3.8, 4) is 0 Å². The molecule has 0 unspecified atom stereocenters. The zero-order valence-electron chi connectivity index (χ0n) is 11.3. The minimum atomic E-state index is 0.00116. The highest BCUT2D eigenvalue weighted by molar-refractivity contribution is 5.83. The summed E-state index contributed by atoms with van der Waals surface area (Å²) in [6, 6.07) is 18.1. The molecule has 1 N–H and O–H groups in total. The fraction of sp³-hybridized carbons (Fsp3) is 0.118. The van der Waals surface area contributed by atoms with Crippen molar-refractivity contribution in [3.05, 3.63) is 76.7 Å². The van der Waals surface area contributed by atoms with Crippen molar-refractivity contribution >= 4 is 16.5 Å². The molecule has 1 aromatic heterocycles. The number of nitrogens with zero attached hydrogens (tertiary/aromatic N) is 1. The molecular formula is C17H16N2O. The monoisotopic (exact) mass is 264 g/mol. The van der Waals surface area contributed by atoms with Gasteiger partial charge >= 0.3 is 0 Å². The van der Waals surface area contributed by atoms with E-state index in [0.717, 1.165) is 12.2 Å². The molecule has 0 saturated carbocycles. The Hall–Kier alpha value is -2.55. The number of aryl methyl sites for hydroxylation is 1. The lowest BCUT2D eigenvalue weighted by molar-refractivity contribution is 0.859. The number of nitrogens with one attached hydrogen (secondary N) is 1. The van der Waals surface area contributed by atoms with Gasteiger partial charge in [-0.3, -0.25) is 4.79 Å². The van der Waals surface area contributed by atoms with Crippen LogP contribution in [0.2, 0.25) is 0 Å². The largest absolute Gasteiger partial charge is 0.380 e. The first-order valence-electron chi connectivity index (χ1n) is 6.60. The highest BCUT2D eigenvalue weighted by atomic mass is 16.1. The second-order valence-electron chi connectivity index (χ2n) is 4.90. The normalized spacial score (nSPS) is 10.7. The molecule has 0 atom stereocenters. The number of hydrogen-bond donors (Lipinski definition) is 1. The molecule has 0 aliphatic heterocycles. The van der Waals surface area contributed by atoms with Crippen molar-refractivity contribution < 1.29 is 0 Å². The minimum absolute atomic E-state index is 0.00116. The van der Waals surface area contributed by atoms with Crippen molar-refractivity contribution in [2.24, 2.45) is 7.05 Å². The van der Waals surface area contributed by atoms with Crippen molar-refractivity contribution in [3.63, 3.8) is 0 Å². The summed E-state index contributed by atoms with van der Waals surface area (Å²) in [5.74, 6) is 0. The zero-order valence-corrected chi connectivity index (χ0v) is 11.3. The lowest BCUT2D eigenvalue weighted by atomic mass is 10.1. The highest BCUT2D eigenvalue weighted by Gasteiger charge is 1.98. The Labute approximate surface area is 117 Å². The van der Waals surface area contributed by atoms with Crippen molar-refractivity contribution in [2.75, 3.05) is 5.32 Å². The van der Waals surface area contributed by atoms with Gasteiger partial charge in [0.05, 0.1) is 5.69 Å². The standard InChI is InChI=1S/C17H16N2O/c1-19-12-16(8-9-17(19)20)18-11-13-6-7-14-4-2-3-5-15(14)10-13/h2-10,12,18H,11H2,1H3. The summed E-state index contributed by atoms with van der Waals surface area (Å²) < 4.78 is 1.57. The van der Waals surface area contributed by atoms with Crippen LogP contribution in [0.4, 0.5) is 5.69 Å². The van der Waals surface area contributed by atoms with Gasteiger partial charge in [-0.2, -0.15) is 0 Å². The molecule has 0 bridgehead atoms. The third-order valence-electron chi connectivity index (χ3n) is 3.40. The average molecular weight is 264 g/mol. The fourth-order valence-corrected chi connectivity index (χ4v) is 2.25. The zero-order chi connectivity index (χ0) is 13.9. The van der Waals surface area contributed by atoms with Gasteiger partial charge in [-0.25, -0.2) is 0 Å². The van der Waals surface area contributed by atoms with E-state index < -0.39 is 0 Å². The van der Waals surface area contributed by atoms with E-state index >= 15 is 0 Å². The molecule has 0 radical (unpaired) electrons. The van der Waals surface area contributed by atoms with Crippen molar-refractivity contribution in [1.29, 1.82) is 0 Å². The Morgan fingerprint density at radius 3 is 2.60 bits per heavy atom. The molecule has 20 heavy (non-hydrogen) atoms. The van der Waals surface area contributed by atoms with Crippen LogP contribution in [-0.2, 0) is 13.6 Å². The molecule has 3 nitrogen and oxygen atoms in total. The Morgan fingerprint density at radius 1 is 1.00 bits per heavy atom. The Bertz CT molecular complexity index is 805. The maximum Gasteiger partial charge on any atom is 0.250 e. The molecule has 100 valence electrons. The van der Waals surface area contributed by atoms with Gasteiger partial charge in [0, 0.05) is 25.9 Å². The van der Waals surface area contributed by atoms with Crippen LogP contribution < -0.4 is 10.9 Å². The quantitative estimate of drug-likeness (QED) is 0.788. The van der Waals surface area contributed by atoms with E-state index in [0.29, 0.717) is 0 Å². The first kappa shape index (κ1) is 12.5. The van der Waals surface area contributed by atoms with Crippen LogP contribution in [0, 0.1) is 0 Å². The van der Waals surface area contributed by atoms with E-state index in [1.807, 2.05) is 24.4 Å². The summed E-state index contributed by atoms with van der Waals surface area (Å²) in [5, 5.41) is 5.83. The van der Waals surface area contributed by atoms with Crippen LogP contribution in [0.25, 0.3) is 10.8 Å². The maximum absolute atomic E-state index is 11.3. The van der Waals surface area contributed by atoms with Gasteiger partial charge in [0.25, 0.3) is 0 Å². The average Bonchev–Trinajstić information content (AvgIpc) is 2.48. The smallest absolute Gasteiger partial charge is 0.250 e. The topological polar surface area (TPSA) is 34.0 Å². The van der Waals surface area contributed by atoms with Crippen molar-refractivity contribution in [1.82, 2.24) is 4.57 Å². The van der Waals surface area contributed by atoms with E-state index in [1.165, 1.54) is 16.3 Å². The van der Waals surface area contributed by atoms with Gasteiger partial charge in [-0.15, -0.1) is 0 Å². The van der Waals surface area contributed by atoms with Crippen LogP contribution in [0.5, 0.6) is 0 Å². The molecule has 3 rings (SSSR count). The predicted molar refractivity (Wildman–Crippen MR) is 83.0 cm³/mol. The van der Waals surface area contributed by atoms with Gasteiger partial charge in [-0.1, -0.05) is 36.4 Å². The lowest BCUT2D eigenvalue weighted by Crippen LogP contribution is -2.15. The lowest BCUT2D eigenvalue weighted by Gasteiger charge is -2.08. The Kier molecular flexibility index (Phi) is 3.25. The molecule has 0 saturated heterocycles. The molecule has 0 amide bonds. The van der Waals surface area contributed by atoms with E-state index in [4.69, 9.17) is 0 Å². The molecule has 1 heterocycles. The second-order valence-corrected chi connectivity index (χ2v) is 4.90. The number of aromatic nitrogens is 1. The summed E-state index contributed by atoms with van der Waals surface area (Å²) in [6.45, 7) is 0.739. The van der Waals surface area contributed by atoms with Gasteiger partial charge in [0.15, 0.2) is 0 Å². The molecule has 2 aromatic carbocycles. The van der Waals surface area contributed by atoms with Crippen LogP contribution in [-0.4, -0.2) is 4.57 Å². The fourth-order valence-electron chi connectivity index (χ4n) is 2.25. The summed E-state index contributed by atoms with van der Waals surface area (Å²) >= 11 is 0. The Morgan fingerprint density at radius 2 is 1.80 bits per heavy atom. The molecule has 3 heteroatoms. The third-order valence-corrected chi connectivity index (χ3v) is 3.40. The van der Waals surface area contributed by atoms with Crippen LogP contribution >= 0.6 is 0 Å². The van der Waals surface area contributed by atoms with Gasteiger partial charge < -0.3 is 9.88 Å². The minimum Gasteiger partial charge on any atom is -0.380 e. The number of benzene rings is 2. The predicted octanol–water partition coefficient (Wildman–Crippen LogP) is 3.15. The van der Waals surface area contributed by atoms with Crippen molar-refractivity contribution in [2.45, 2.75) is 6.54 Å². The van der Waals surface area contributed by atoms with E-state index in [-0.39, 0.29) is 5.56 Å². The number of rotatable bonds is 3. The molecule has 0 fully saturated rings. The third kappa shape index (κ3) is 2.57. The van der Waals surface area contributed by atoms with Gasteiger partial charge in [0.2, 0.25) is 5.56 Å². The second kappa shape index (κ2) is 5.21. The first-order valence-corrected chi connectivity index (χ1v) is 6.60. The molecule has 3 aromatic rings. The Balaban J connectivity index is 1.79. The SMILES string of the molecule is Cn1cc(NCc2ccc3ccccc3c2)ccc1=O. The van der Waals surface area contributed by atoms with E-state index in [2.05, 4.69) is 35.6 Å². The van der Waals surface area contributed by atoms with E-state index in [9.17, 15) is 4.79 Å². The number of fused-ring (bicyclic) bond motifs is 1. The van der Waals surface area contributed by atoms with Crippen LogP contribution in [0.1, 0.15) is 5.56 Å². The summed E-state index contributed by atoms with van der Waals surface area (Å²) in [6.07, 6.45) is 1.81. The number of anilines is 1. The summed E-state index contributed by atoms with van der Waals surface area (Å²) in [5.41, 5.74) is 2.17. The first-order chi connectivity index (χ1) is 9.72. The summed E-state index contributed by atoms with van der Waals surface area (Å²) in [7, 11) is 1.75.